The van der Waals surface area contributed by atoms with Gasteiger partial charge in [-0.1, -0.05) is 54.6 Å². The van der Waals surface area contributed by atoms with Gasteiger partial charge in [0.2, 0.25) is 0 Å². The molecule has 0 saturated heterocycles. The maximum atomic E-state index is 5.87. The molecule has 0 spiro atoms. The highest BCUT2D eigenvalue weighted by atomic mass is 16.5. The number of hydrogen-bond donors (Lipinski definition) is 0. The van der Waals surface area contributed by atoms with Gasteiger partial charge in [0.1, 0.15) is 5.75 Å². The predicted octanol–water partition coefficient (Wildman–Crippen LogP) is 6.11. The number of anilines is 2. The lowest BCUT2D eigenvalue weighted by Crippen LogP contribution is -2.22. The third kappa shape index (κ3) is 10.2. The first-order valence-corrected chi connectivity index (χ1v) is 14.0. The minimum atomic E-state index is 0.421. The average molecular weight is 556 g/mol. The normalized spacial score (nSPS) is 10.9. The van der Waals surface area contributed by atoms with Crippen molar-refractivity contribution in [2.24, 2.45) is 0 Å². The molecule has 0 atom stereocenters. The lowest BCUT2D eigenvalue weighted by Gasteiger charge is -2.26. The Morgan fingerprint density at radius 3 is 2.00 bits per heavy atom. The summed E-state index contributed by atoms with van der Waals surface area (Å²) in [5.74, 6) is 0.853. The van der Waals surface area contributed by atoms with Gasteiger partial charge in [-0.15, -0.1) is 0 Å². The van der Waals surface area contributed by atoms with Crippen molar-refractivity contribution in [1.82, 2.24) is 4.98 Å². The summed E-state index contributed by atoms with van der Waals surface area (Å²) in [4.78, 5) is 9.03. The number of aromatic nitrogens is 1. The largest absolute Gasteiger partial charge is 0.497 e. The highest BCUT2D eigenvalue weighted by Gasteiger charge is 2.12. The van der Waals surface area contributed by atoms with Crippen LogP contribution < -0.4 is 14.5 Å². The zero-order valence-electron chi connectivity index (χ0n) is 24.4. The molecule has 3 aromatic carbocycles. The molecule has 0 aliphatic heterocycles. The summed E-state index contributed by atoms with van der Waals surface area (Å²) in [6.45, 7) is 4.60. The second-order valence-electron chi connectivity index (χ2n) is 9.98. The van der Waals surface area contributed by atoms with Crippen LogP contribution >= 0.6 is 0 Å². The molecule has 0 amide bonds. The fraction of sp³-hybridized carbons (Fsp3) is 0.324. The highest BCUT2D eigenvalue weighted by Crippen LogP contribution is 2.24. The van der Waals surface area contributed by atoms with Crippen molar-refractivity contribution in [2.45, 2.75) is 26.3 Å². The van der Waals surface area contributed by atoms with Crippen LogP contribution in [0.1, 0.15) is 22.4 Å². The molecule has 0 N–H and O–H groups in total. The van der Waals surface area contributed by atoms with Crippen molar-refractivity contribution in [3.8, 4) is 5.75 Å². The van der Waals surface area contributed by atoms with Crippen LogP contribution in [0.5, 0.6) is 5.75 Å². The summed E-state index contributed by atoms with van der Waals surface area (Å²) in [6.07, 6.45) is 1.85. The first kappa shape index (κ1) is 30.1. The maximum Gasteiger partial charge on any atom is 0.119 e. The lowest BCUT2D eigenvalue weighted by molar-refractivity contribution is 0.00653. The summed E-state index contributed by atoms with van der Waals surface area (Å²) in [7, 11) is 5.82. The Bertz CT molecular complexity index is 1320. The summed E-state index contributed by atoms with van der Waals surface area (Å²) >= 11 is 0. The van der Waals surface area contributed by atoms with Gasteiger partial charge in [-0.05, 0) is 53.1 Å². The summed E-state index contributed by atoms with van der Waals surface area (Å²) < 4.78 is 22.6. The van der Waals surface area contributed by atoms with E-state index in [2.05, 4.69) is 89.5 Å². The van der Waals surface area contributed by atoms with Crippen LogP contribution in [0.25, 0.3) is 0 Å². The first-order chi connectivity index (χ1) is 20.1. The molecule has 1 aromatic heterocycles. The van der Waals surface area contributed by atoms with Crippen molar-refractivity contribution in [3.63, 3.8) is 0 Å². The van der Waals surface area contributed by atoms with Gasteiger partial charge in [-0.25, -0.2) is 0 Å². The Morgan fingerprint density at radius 1 is 0.610 bits per heavy atom. The molecule has 1 heterocycles. The molecule has 4 rings (SSSR count). The molecule has 0 radical (unpaired) electrons. The van der Waals surface area contributed by atoms with E-state index in [9.17, 15) is 0 Å². The van der Waals surface area contributed by atoms with Gasteiger partial charge in [-0.3, -0.25) is 4.98 Å². The minimum Gasteiger partial charge on any atom is -0.497 e. The fourth-order valence-corrected chi connectivity index (χ4v) is 4.40. The van der Waals surface area contributed by atoms with Crippen LogP contribution in [0.3, 0.4) is 0 Å². The number of hydrogen-bond acceptors (Lipinski definition) is 7. The van der Waals surface area contributed by atoms with Crippen LogP contribution in [0.15, 0.2) is 97.2 Å². The van der Waals surface area contributed by atoms with E-state index in [4.69, 9.17) is 18.9 Å². The standard InChI is InChI=1S/C34H41N3O4/c1-36(2)32-13-7-11-29(21-32)24-37(25-30-12-8-14-34(22-30)38-3)33-15-16-35-31(23-33)27-41-20-18-39-17-19-40-26-28-9-5-4-6-10-28/h4-16,21-23H,17-20,24-27H2,1-3H3. The highest BCUT2D eigenvalue weighted by molar-refractivity contribution is 5.51. The molecule has 0 saturated carbocycles. The van der Waals surface area contributed by atoms with E-state index >= 15 is 0 Å². The Labute approximate surface area is 244 Å². The third-order valence-corrected chi connectivity index (χ3v) is 6.58. The fourth-order valence-electron chi connectivity index (χ4n) is 4.40. The van der Waals surface area contributed by atoms with E-state index in [1.54, 1.807) is 7.11 Å². The second kappa shape index (κ2) is 16.4. The number of pyridine rings is 1. The predicted molar refractivity (Wildman–Crippen MR) is 164 cm³/mol. The molecular formula is C34H41N3O4. The zero-order chi connectivity index (χ0) is 28.7. The van der Waals surface area contributed by atoms with E-state index in [0.717, 1.165) is 35.8 Å². The minimum absolute atomic E-state index is 0.421. The topological polar surface area (TPSA) is 56.3 Å². The van der Waals surface area contributed by atoms with Crippen LogP contribution in [0, 0.1) is 0 Å². The smallest absolute Gasteiger partial charge is 0.119 e. The van der Waals surface area contributed by atoms with Gasteiger partial charge in [-0.2, -0.15) is 0 Å². The SMILES string of the molecule is COc1cccc(CN(Cc2cccc(N(C)C)c2)c2ccnc(COCCOCCOCc3ccccc3)c2)c1. The molecule has 7 heteroatoms. The van der Waals surface area contributed by atoms with E-state index in [0.29, 0.717) is 39.6 Å². The first-order valence-electron chi connectivity index (χ1n) is 14.0. The molecule has 0 unspecified atom stereocenters. The van der Waals surface area contributed by atoms with Gasteiger partial charge in [0, 0.05) is 44.8 Å². The Morgan fingerprint density at radius 2 is 1.27 bits per heavy atom. The van der Waals surface area contributed by atoms with Gasteiger partial charge < -0.3 is 28.7 Å². The monoisotopic (exact) mass is 555 g/mol. The number of methoxy groups -OCH3 is 1. The zero-order valence-corrected chi connectivity index (χ0v) is 24.4. The Balaban J connectivity index is 1.30. The van der Waals surface area contributed by atoms with Gasteiger partial charge in [0.05, 0.1) is 52.4 Å². The summed E-state index contributed by atoms with van der Waals surface area (Å²) in [5.41, 5.74) is 6.72. The molecule has 0 aliphatic rings. The van der Waals surface area contributed by atoms with Crippen molar-refractivity contribution >= 4 is 11.4 Å². The maximum absolute atomic E-state index is 5.87. The van der Waals surface area contributed by atoms with Crippen molar-refractivity contribution in [1.29, 1.82) is 0 Å². The van der Waals surface area contributed by atoms with E-state index in [-0.39, 0.29) is 0 Å². The van der Waals surface area contributed by atoms with Crippen LogP contribution in [-0.4, -0.2) is 52.6 Å². The van der Waals surface area contributed by atoms with Crippen molar-refractivity contribution in [3.05, 3.63) is 120 Å². The molecule has 4 aromatic rings. The number of rotatable bonds is 17. The van der Waals surface area contributed by atoms with E-state index < -0.39 is 0 Å². The van der Waals surface area contributed by atoms with Gasteiger partial charge in [0.15, 0.2) is 0 Å². The van der Waals surface area contributed by atoms with Crippen molar-refractivity contribution < 1.29 is 18.9 Å². The van der Waals surface area contributed by atoms with E-state index in [1.165, 1.54) is 16.8 Å². The molecule has 0 aliphatic carbocycles. The molecule has 216 valence electrons. The lowest BCUT2D eigenvalue weighted by atomic mass is 10.1. The quantitative estimate of drug-likeness (QED) is 0.146. The van der Waals surface area contributed by atoms with Crippen LogP contribution in [0.4, 0.5) is 11.4 Å². The van der Waals surface area contributed by atoms with Gasteiger partial charge >= 0.3 is 0 Å². The molecule has 7 nitrogen and oxygen atoms in total. The van der Waals surface area contributed by atoms with E-state index in [1.807, 2.05) is 36.5 Å². The van der Waals surface area contributed by atoms with Crippen molar-refractivity contribution in [2.75, 3.05) is 57.4 Å². The third-order valence-electron chi connectivity index (χ3n) is 6.58. The van der Waals surface area contributed by atoms with Crippen LogP contribution in [0.2, 0.25) is 0 Å². The molecule has 0 fully saturated rings. The Kier molecular flexibility index (Phi) is 12.0. The number of benzene rings is 3. The second-order valence-corrected chi connectivity index (χ2v) is 9.98. The average Bonchev–Trinajstić information content (AvgIpc) is 3.01. The molecular weight excluding hydrogens is 514 g/mol. The Hall–Kier alpha value is -3.91. The number of nitrogens with zero attached hydrogens (tertiary/aromatic N) is 3. The summed E-state index contributed by atoms with van der Waals surface area (Å²) in [5, 5.41) is 0. The number of ether oxygens (including phenoxy) is 4. The molecule has 41 heavy (non-hydrogen) atoms. The molecule has 0 bridgehead atoms. The summed E-state index contributed by atoms with van der Waals surface area (Å²) in [6, 6.07) is 31.1. The van der Waals surface area contributed by atoms with Gasteiger partial charge in [0.25, 0.3) is 0 Å². The van der Waals surface area contributed by atoms with Crippen LogP contribution in [-0.2, 0) is 40.5 Å².